The van der Waals surface area contributed by atoms with E-state index in [1.807, 2.05) is 6.92 Å². The summed E-state index contributed by atoms with van der Waals surface area (Å²) in [5.74, 6) is -0.668. The lowest BCUT2D eigenvalue weighted by Crippen LogP contribution is -2.39. The highest BCUT2D eigenvalue weighted by Gasteiger charge is 2.33. The zero-order valence-corrected chi connectivity index (χ0v) is 13.1. The Balaban J connectivity index is 2.96. The molecule has 1 aromatic rings. The summed E-state index contributed by atoms with van der Waals surface area (Å²) in [5, 5.41) is 0.296. The average Bonchev–Trinajstić information content (AvgIpc) is 2.31. The van der Waals surface area contributed by atoms with Crippen LogP contribution in [0, 0.1) is 0 Å². The second-order valence-electron chi connectivity index (χ2n) is 4.35. The Morgan fingerprint density at radius 1 is 1.35 bits per heavy atom. The minimum Gasteiger partial charge on any atom is -0.330 e. The van der Waals surface area contributed by atoms with Crippen LogP contribution in [0.4, 0.5) is 13.2 Å². The molecule has 0 radical (unpaired) electrons. The normalized spacial score (nSPS) is 11.5. The number of nitrogens with zero attached hydrogens (tertiary/aromatic N) is 1. The third kappa shape index (κ3) is 5.71. The number of hydrogen-bond donors (Lipinski definition) is 0. The number of halogens is 5. The van der Waals surface area contributed by atoms with Gasteiger partial charge in [0.15, 0.2) is 0 Å². The zero-order valence-electron chi connectivity index (χ0n) is 10.8. The number of carbonyl (C=O) groups excluding carboxylic acids is 1. The van der Waals surface area contributed by atoms with Crippen LogP contribution in [0.3, 0.4) is 0 Å². The Morgan fingerprint density at radius 2 is 2.00 bits per heavy atom. The van der Waals surface area contributed by atoms with E-state index in [2.05, 4.69) is 15.9 Å². The summed E-state index contributed by atoms with van der Waals surface area (Å²) in [4.78, 5) is 13.0. The molecule has 7 heteroatoms. The molecule has 0 aromatic heterocycles. The lowest BCUT2D eigenvalue weighted by molar-refractivity contribution is -0.140. The lowest BCUT2D eigenvalue weighted by atomic mass is 10.2. The lowest BCUT2D eigenvalue weighted by Gasteiger charge is -2.24. The maximum absolute atomic E-state index is 12.5. The first-order chi connectivity index (χ1) is 9.23. The Hall–Kier alpha value is -0.750. The fourth-order valence-electron chi connectivity index (χ4n) is 1.68. The maximum Gasteiger partial charge on any atom is 0.406 e. The van der Waals surface area contributed by atoms with Crippen LogP contribution in [-0.2, 0) is 0 Å². The van der Waals surface area contributed by atoms with Crippen LogP contribution in [0.1, 0.15) is 30.1 Å². The number of hydrogen-bond acceptors (Lipinski definition) is 1. The SMILES string of the molecule is CCCCN(CC(F)(F)F)C(=O)c1cc(Cl)cc(Br)c1. The van der Waals surface area contributed by atoms with Crippen molar-refractivity contribution in [1.29, 1.82) is 0 Å². The quantitative estimate of drug-likeness (QED) is 0.719. The first-order valence-electron chi connectivity index (χ1n) is 6.05. The first kappa shape index (κ1) is 17.3. The van der Waals surface area contributed by atoms with Gasteiger partial charge >= 0.3 is 6.18 Å². The number of benzene rings is 1. The van der Waals surface area contributed by atoms with Crippen LogP contribution in [0.25, 0.3) is 0 Å². The molecule has 0 aliphatic carbocycles. The van der Waals surface area contributed by atoms with Crippen LogP contribution in [0.15, 0.2) is 22.7 Å². The highest BCUT2D eigenvalue weighted by Crippen LogP contribution is 2.23. The standard InChI is InChI=1S/C13H14BrClF3NO/c1-2-3-4-19(8-13(16,17)18)12(20)9-5-10(14)7-11(15)6-9/h5-7H,2-4,8H2,1H3. The van der Waals surface area contributed by atoms with Crippen molar-refractivity contribution in [3.63, 3.8) is 0 Å². The van der Waals surface area contributed by atoms with Crippen molar-refractivity contribution in [2.45, 2.75) is 25.9 Å². The third-order valence-electron chi connectivity index (χ3n) is 2.55. The molecule has 0 saturated heterocycles. The van der Waals surface area contributed by atoms with E-state index in [0.29, 0.717) is 22.3 Å². The Bertz CT molecular complexity index is 459. The van der Waals surface area contributed by atoms with Gasteiger partial charge in [0.2, 0.25) is 0 Å². The largest absolute Gasteiger partial charge is 0.406 e. The van der Waals surface area contributed by atoms with Gasteiger partial charge in [-0.2, -0.15) is 13.2 Å². The summed E-state index contributed by atoms with van der Waals surface area (Å²) in [7, 11) is 0. The van der Waals surface area contributed by atoms with E-state index in [1.54, 1.807) is 6.07 Å². The van der Waals surface area contributed by atoms with Crippen molar-refractivity contribution in [1.82, 2.24) is 4.90 Å². The van der Waals surface area contributed by atoms with Gasteiger partial charge in [0.25, 0.3) is 5.91 Å². The van der Waals surface area contributed by atoms with E-state index in [1.165, 1.54) is 12.1 Å². The molecule has 0 aliphatic heterocycles. The average molecular weight is 373 g/mol. The van der Waals surface area contributed by atoms with Gasteiger partial charge in [-0.15, -0.1) is 0 Å². The first-order valence-corrected chi connectivity index (χ1v) is 7.22. The molecule has 1 aromatic carbocycles. The van der Waals surface area contributed by atoms with Gasteiger partial charge in [-0.25, -0.2) is 0 Å². The van der Waals surface area contributed by atoms with Crippen molar-refractivity contribution in [2.75, 3.05) is 13.1 Å². The molecule has 0 bridgehead atoms. The summed E-state index contributed by atoms with van der Waals surface area (Å²) in [6.07, 6.45) is -3.19. The molecule has 0 fully saturated rings. The molecule has 0 heterocycles. The summed E-state index contributed by atoms with van der Waals surface area (Å²) in [5.41, 5.74) is 0.143. The van der Waals surface area contributed by atoms with Gasteiger partial charge in [0.1, 0.15) is 6.54 Å². The van der Waals surface area contributed by atoms with Crippen molar-refractivity contribution in [3.8, 4) is 0 Å². The van der Waals surface area contributed by atoms with Crippen LogP contribution in [0.2, 0.25) is 5.02 Å². The van der Waals surface area contributed by atoms with E-state index in [4.69, 9.17) is 11.6 Å². The summed E-state index contributed by atoms with van der Waals surface area (Å²) in [6.45, 7) is 0.668. The molecule has 20 heavy (non-hydrogen) atoms. The molecule has 0 spiro atoms. The van der Waals surface area contributed by atoms with Crippen molar-refractivity contribution in [2.24, 2.45) is 0 Å². The van der Waals surface area contributed by atoms with Crippen LogP contribution < -0.4 is 0 Å². The number of amides is 1. The Morgan fingerprint density at radius 3 is 2.50 bits per heavy atom. The van der Waals surface area contributed by atoms with E-state index < -0.39 is 18.6 Å². The molecular weight excluding hydrogens is 358 g/mol. The van der Waals surface area contributed by atoms with Crippen molar-refractivity contribution >= 4 is 33.4 Å². The van der Waals surface area contributed by atoms with Gasteiger partial charge in [-0.1, -0.05) is 40.9 Å². The van der Waals surface area contributed by atoms with Crippen LogP contribution in [0.5, 0.6) is 0 Å². The Labute approximate surface area is 129 Å². The predicted molar refractivity (Wildman–Crippen MR) is 76.0 cm³/mol. The third-order valence-corrected chi connectivity index (χ3v) is 3.22. The maximum atomic E-state index is 12.5. The van der Waals surface area contributed by atoms with E-state index in [-0.39, 0.29) is 12.1 Å². The fraction of sp³-hybridized carbons (Fsp3) is 0.462. The minimum absolute atomic E-state index is 0.0684. The highest BCUT2D eigenvalue weighted by molar-refractivity contribution is 9.10. The Kier molecular flexibility index (Phi) is 6.33. The van der Waals surface area contributed by atoms with Gasteiger partial charge in [0.05, 0.1) is 0 Å². The molecule has 0 N–H and O–H groups in total. The molecule has 0 atom stereocenters. The van der Waals surface area contributed by atoms with Crippen molar-refractivity contribution < 1.29 is 18.0 Å². The van der Waals surface area contributed by atoms with Crippen molar-refractivity contribution in [3.05, 3.63) is 33.3 Å². The highest BCUT2D eigenvalue weighted by atomic mass is 79.9. The summed E-state index contributed by atoms with van der Waals surface area (Å²) < 4.78 is 38.2. The molecular formula is C13H14BrClF3NO. The summed E-state index contributed by atoms with van der Waals surface area (Å²) >= 11 is 8.98. The van der Waals surface area contributed by atoms with Gasteiger partial charge in [-0.3, -0.25) is 4.79 Å². The zero-order chi connectivity index (χ0) is 15.3. The second kappa shape index (κ2) is 7.31. The van der Waals surface area contributed by atoms with E-state index in [9.17, 15) is 18.0 Å². The molecule has 0 aliphatic rings. The molecule has 1 rings (SSSR count). The molecule has 112 valence electrons. The van der Waals surface area contributed by atoms with Gasteiger partial charge in [-0.05, 0) is 24.6 Å². The molecule has 2 nitrogen and oxygen atoms in total. The smallest absolute Gasteiger partial charge is 0.330 e. The van der Waals surface area contributed by atoms with Gasteiger partial charge < -0.3 is 4.90 Å². The van der Waals surface area contributed by atoms with E-state index in [0.717, 1.165) is 4.90 Å². The molecule has 0 unspecified atom stereocenters. The topological polar surface area (TPSA) is 20.3 Å². The number of rotatable bonds is 5. The molecule has 1 amide bonds. The molecule has 0 saturated carbocycles. The van der Waals surface area contributed by atoms with E-state index >= 15 is 0 Å². The fourth-order valence-corrected chi connectivity index (χ4v) is 2.54. The monoisotopic (exact) mass is 371 g/mol. The number of unbranched alkanes of at least 4 members (excludes halogenated alkanes) is 1. The minimum atomic E-state index is -4.42. The van der Waals surface area contributed by atoms with Gasteiger partial charge in [0, 0.05) is 21.6 Å². The number of carbonyl (C=O) groups is 1. The van der Waals surface area contributed by atoms with Crippen LogP contribution in [-0.4, -0.2) is 30.1 Å². The predicted octanol–water partition coefficient (Wildman–Crippen LogP) is 4.91. The van der Waals surface area contributed by atoms with Crippen LogP contribution >= 0.6 is 27.5 Å². The number of alkyl halides is 3. The summed E-state index contributed by atoms with van der Waals surface area (Å²) in [6, 6.07) is 4.39. The second-order valence-corrected chi connectivity index (χ2v) is 5.71.